The van der Waals surface area contributed by atoms with Crippen LogP contribution in [0.3, 0.4) is 0 Å². The summed E-state index contributed by atoms with van der Waals surface area (Å²) in [5.74, 6) is 1.38. The summed E-state index contributed by atoms with van der Waals surface area (Å²) in [6.07, 6.45) is 6.54. The molecule has 2 aromatic rings. The average Bonchev–Trinajstić information content (AvgIpc) is 3.12. The molecular formula is C15H23N5OS. The Morgan fingerprint density at radius 3 is 2.95 bits per heavy atom. The maximum absolute atomic E-state index is 5.80. The third-order valence-corrected chi connectivity index (χ3v) is 3.98. The summed E-state index contributed by atoms with van der Waals surface area (Å²) < 4.78 is 5.62. The normalized spacial score (nSPS) is 11.4. The Balaban J connectivity index is 1.95. The monoisotopic (exact) mass is 321 g/mol. The second-order valence-electron chi connectivity index (χ2n) is 4.94. The molecule has 7 heteroatoms. The first kappa shape index (κ1) is 16.5. The topological polar surface area (TPSA) is 102 Å². The smallest absolute Gasteiger partial charge is 0.182 e. The Morgan fingerprint density at radius 1 is 1.36 bits per heavy atom. The predicted octanol–water partition coefficient (Wildman–Crippen LogP) is 3.46. The summed E-state index contributed by atoms with van der Waals surface area (Å²) in [4.78, 5) is 8.66. The number of nitrogen functional groups attached to an aromatic ring is 1. The number of unbranched alkanes of at least 4 members (excludes halogenated alkanes) is 3. The van der Waals surface area contributed by atoms with E-state index in [0.717, 1.165) is 23.7 Å². The van der Waals surface area contributed by atoms with Crippen LogP contribution in [0.25, 0.3) is 11.5 Å². The summed E-state index contributed by atoms with van der Waals surface area (Å²) in [5, 5.41) is 4.46. The average molecular weight is 321 g/mol. The van der Waals surface area contributed by atoms with Gasteiger partial charge in [0.05, 0.1) is 12.9 Å². The molecule has 0 spiro atoms. The molecule has 5 N–H and O–H groups in total. The molecule has 0 bridgehead atoms. The van der Waals surface area contributed by atoms with Crippen molar-refractivity contribution in [1.82, 2.24) is 4.98 Å². The standard InChI is InChI=1S/C15H23N5OS/c1-2-3-4-5-8-18-10-19-14-13(20-15(17)22-14)12-7-6-11(9-16)21-12/h6-7,10H,2-5,8-9,16H2,1H3,(H2,17,20)(H,18,19). The Labute approximate surface area is 134 Å². The van der Waals surface area contributed by atoms with Gasteiger partial charge in [-0.3, -0.25) is 4.99 Å². The number of aliphatic imine (C=N–C) groups is 1. The number of nitrogens with two attached hydrogens (primary N) is 2. The van der Waals surface area contributed by atoms with Crippen molar-refractivity contribution < 1.29 is 4.42 Å². The largest absolute Gasteiger partial charge is 0.458 e. The molecule has 0 unspecified atom stereocenters. The molecule has 2 heterocycles. The Hall–Kier alpha value is -1.86. The van der Waals surface area contributed by atoms with Crippen LogP contribution in [0.2, 0.25) is 0 Å². The lowest BCUT2D eigenvalue weighted by Gasteiger charge is -1.99. The zero-order chi connectivity index (χ0) is 15.8. The predicted molar refractivity (Wildman–Crippen MR) is 93.2 cm³/mol. The van der Waals surface area contributed by atoms with E-state index >= 15 is 0 Å². The number of rotatable bonds is 9. The van der Waals surface area contributed by atoms with Crippen molar-refractivity contribution in [3.63, 3.8) is 0 Å². The molecule has 120 valence electrons. The number of nitrogens with zero attached hydrogens (tertiary/aromatic N) is 2. The number of nitrogens with one attached hydrogen (secondary N) is 1. The van der Waals surface area contributed by atoms with E-state index in [9.17, 15) is 0 Å². The van der Waals surface area contributed by atoms with Crippen molar-refractivity contribution in [3.05, 3.63) is 17.9 Å². The van der Waals surface area contributed by atoms with E-state index in [2.05, 4.69) is 22.2 Å². The number of hydrogen-bond donors (Lipinski definition) is 3. The molecule has 0 aliphatic carbocycles. The minimum atomic E-state index is 0.363. The van der Waals surface area contributed by atoms with Crippen LogP contribution in [0.1, 0.15) is 38.4 Å². The molecule has 2 rings (SSSR count). The number of thiazole rings is 1. The highest BCUT2D eigenvalue weighted by Gasteiger charge is 2.14. The molecule has 0 saturated heterocycles. The zero-order valence-electron chi connectivity index (χ0n) is 12.8. The second kappa shape index (κ2) is 8.55. The van der Waals surface area contributed by atoms with E-state index in [4.69, 9.17) is 15.9 Å². The van der Waals surface area contributed by atoms with Gasteiger partial charge >= 0.3 is 0 Å². The summed E-state index contributed by atoms with van der Waals surface area (Å²) in [7, 11) is 0. The van der Waals surface area contributed by atoms with Crippen LogP contribution >= 0.6 is 11.3 Å². The van der Waals surface area contributed by atoms with Gasteiger partial charge in [-0.25, -0.2) is 4.98 Å². The highest BCUT2D eigenvalue weighted by molar-refractivity contribution is 7.20. The number of hydrogen-bond acceptors (Lipinski definition) is 6. The third kappa shape index (κ3) is 4.57. The Kier molecular flexibility index (Phi) is 6.42. The summed E-state index contributed by atoms with van der Waals surface area (Å²) in [5.41, 5.74) is 12.1. The fourth-order valence-electron chi connectivity index (χ4n) is 2.02. The van der Waals surface area contributed by atoms with Gasteiger partial charge in [0, 0.05) is 6.54 Å². The molecule has 0 radical (unpaired) electrons. The zero-order valence-corrected chi connectivity index (χ0v) is 13.7. The summed E-state index contributed by atoms with van der Waals surface area (Å²) in [6.45, 7) is 3.39. The fourth-order valence-corrected chi connectivity index (χ4v) is 2.72. The third-order valence-electron chi connectivity index (χ3n) is 3.17. The van der Waals surface area contributed by atoms with Gasteiger partial charge in [0.1, 0.15) is 16.5 Å². The lowest BCUT2D eigenvalue weighted by atomic mass is 10.2. The fraction of sp³-hybridized carbons (Fsp3) is 0.467. The van der Waals surface area contributed by atoms with E-state index in [1.165, 1.54) is 30.6 Å². The van der Waals surface area contributed by atoms with Gasteiger partial charge in [0.15, 0.2) is 10.9 Å². The van der Waals surface area contributed by atoms with E-state index in [1.807, 2.05) is 12.1 Å². The van der Waals surface area contributed by atoms with Crippen molar-refractivity contribution >= 4 is 27.8 Å². The van der Waals surface area contributed by atoms with Crippen LogP contribution in [0, 0.1) is 0 Å². The molecule has 22 heavy (non-hydrogen) atoms. The maximum atomic E-state index is 5.80. The first-order valence-electron chi connectivity index (χ1n) is 7.55. The molecule has 0 amide bonds. The van der Waals surface area contributed by atoms with Crippen LogP contribution in [0.5, 0.6) is 0 Å². The maximum Gasteiger partial charge on any atom is 0.182 e. The van der Waals surface area contributed by atoms with Crippen LogP contribution < -0.4 is 16.8 Å². The van der Waals surface area contributed by atoms with Crippen LogP contribution in [0.15, 0.2) is 21.5 Å². The first-order valence-corrected chi connectivity index (χ1v) is 8.36. The van der Waals surface area contributed by atoms with Gasteiger partial charge in [0.25, 0.3) is 0 Å². The van der Waals surface area contributed by atoms with Crippen molar-refractivity contribution in [2.24, 2.45) is 10.7 Å². The van der Waals surface area contributed by atoms with E-state index < -0.39 is 0 Å². The van der Waals surface area contributed by atoms with Crippen molar-refractivity contribution in [2.75, 3.05) is 17.6 Å². The van der Waals surface area contributed by atoms with Gasteiger partial charge in [-0.2, -0.15) is 0 Å². The van der Waals surface area contributed by atoms with E-state index in [1.54, 1.807) is 6.34 Å². The molecule has 0 aliphatic rings. The Morgan fingerprint density at radius 2 is 2.23 bits per heavy atom. The van der Waals surface area contributed by atoms with Gasteiger partial charge in [0.2, 0.25) is 0 Å². The van der Waals surface area contributed by atoms with Crippen molar-refractivity contribution in [3.8, 4) is 11.5 Å². The molecule has 0 atom stereocenters. The summed E-state index contributed by atoms with van der Waals surface area (Å²) >= 11 is 1.37. The highest BCUT2D eigenvalue weighted by Crippen LogP contribution is 2.35. The second-order valence-corrected chi connectivity index (χ2v) is 5.97. The molecular weight excluding hydrogens is 298 g/mol. The van der Waals surface area contributed by atoms with Gasteiger partial charge in [-0.05, 0) is 18.6 Å². The van der Waals surface area contributed by atoms with Gasteiger partial charge < -0.3 is 21.2 Å². The highest BCUT2D eigenvalue weighted by atomic mass is 32.1. The number of furan rings is 1. The number of anilines is 2. The molecule has 2 aromatic heterocycles. The van der Waals surface area contributed by atoms with E-state index in [-0.39, 0.29) is 0 Å². The van der Waals surface area contributed by atoms with E-state index in [0.29, 0.717) is 23.1 Å². The Bertz CT molecular complexity index is 605. The lowest BCUT2D eigenvalue weighted by molar-refractivity contribution is 0.524. The quantitative estimate of drug-likeness (QED) is 0.373. The van der Waals surface area contributed by atoms with Gasteiger partial charge in [-0.1, -0.05) is 37.5 Å². The molecule has 0 fully saturated rings. The van der Waals surface area contributed by atoms with Gasteiger partial charge in [-0.15, -0.1) is 0 Å². The SMILES string of the molecule is CCCCCCN=CNc1sc(N)nc1-c1ccc(CN)o1. The van der Waals surface area contributed by atoms with Crippen molar-refractivity contribution in [1.29, 1.82) is 0 Å². The minimum Gasteiger partial charge on any atom is -0.458 e. The van der Waals surface area contributed by atoms with Crippen LogP contribution in [-0.2, 0) is 6.54 Å². The molecule has 6 nitrogen and oxygen atoms in total. The summed E-state index contributed by atoms with van der Waals surface area (Å²) in [6, 6.07) is 3.69. The lowest BCUT2D eigenvalue weighted by Crippen LogP contribution is -1.96. The first-order chi connectivity index (χ1) is 10.7. The van der Waals surface area contributed by atoms with Crippen LogP contribution in [-0.4, -0.2) is 17.9 Å². The molecule has 0 aliphatic heterocycles. The van der Waals surface area contributed by atoms with Crippen molar-refractivity contribution in [2.45, 2.75) is 39.2 Å². The number of aromatic nitrogens is 1. The molecule has 0 aromatic carbocycles. The molecule has 0 saturated carbocycles. The van der Waals surface area contributed by atoms with Crippen LogP contribution in [0.4, 0.5) is 10.1 Å². The minimum absolute atomic E-state index is 0.363.